The predicted octanol–water partition coefficient (Wildman–Crippen LogP) is -0.187. The van der Waals surface area contributed by atoms with Crippen LogP contribution in [0.15, 0.2) is 0 Å². The summed E-state index contributed by atoms with van der Waals surface area (Å²) in [5.74, 6) is 0.512. The third-order valence-electron chi connectivity index (χ3n) is 2.51. The van der Waals surface area contributed by atoms with Crippen molar-refractivity contribution in [2.24, 2.45) is 0 Å². The van der Waals surface area contributed by atoms with Gasteiger partial charge in [0.05, 0.1) is 6.61 Å². The first-order chi connectivity index (χ1) is 9.35. The molecule has 7 heteroatoms. The minimum Gasteiger partial charge on any atom is -0.456 e. The predicted molar refractivity (Wildman–Crippen MR) is 65.2 cm³/mol. The van der Waals surface area contributed by atoms with Gasteiger partial charge < -0.3 is 18.9 Å². The molecule has 0 N–H and O–H groups in total. The van der Waals surface area contributed by atoms with Gasteiger partial charge in [0.1, 0.15) is 0 Å². The molecule has 110 valence electrons. The van der Waals surface area contributed by atoms with Gasteiger partial charge in [-0.3, -0.25) is 14.4 Å². The summed E-state index contributed by atoms with van der Waals surface area (Å²) in [5, 5.41) is 0. The molecule has 0 aliphatic carbocycles. The molecule has 4 unspecified atom stereocenters. The van der Waals surface area contributed by atoms with Crippen molar-refractivity contribution in [3.05, 3.63) is 0 Å². The smallest absolute Gasteiger partial charge is 0.303 e. The quantitative estimate of drug-likeness (QED) is 0.403. The van der Waals surface area contributed by atoms with Crippen LogP contribution >= 0.6 is 0 Å². The third-order valence-corrected chi connectivity index (χ3v) is 2.51. The molecule has 1 heterocycles. The summed E-state index contributed by atoms with van der Waals surface area (Å²) in [7, 11) is 0. The number of esters is 3. The molecular weight excluding hydrogens is 268 g/mol. The molecule has 1 aliphatic rings. The molecule has 0 saturated carbocycles. The Hall–Kier alpha value is -2.07. The molecule has 4 atom stereocenters. The van der Waals surface area contributed by atoms with Gasteiger partial charge in [0.15, 0.2) is 24.4 Å². The molecule has 0 aromatic carbocycles. The van der Waals surface area contributed by atoms with Crippen LogP contribution in [-0.4, -0.2) is 48.9 Å². The summed E-state index contributed by atoms with van der Waals surface area (Å²) in [6.45, 7) is 3.53. The number of carbonyl (C=O) groups excluding carboxylic acids is 3. The summed E-state index contributed by atoms with van der Waals surface area (Å²) < 4.78 is 20.4. The first kappa shape index (κ1) is 16.0. The Labute approximate surface area is 116 Å². The fraction of sp³-hybridized carbons (Fsp3) is 0.615. The monoisotopic (exact) mass is 284 g/mol. The number of rotatable bonds is 3. The van der Waals surface area contributed by atoms with Crippen LogP contribution in [0.5, 0.6) is 0 Å². The molecule has 1 aliphatic heterocycles. The van der Waals surface area contributed by atoms with Crippen molar-refractivity contribution >= 4 is 17.9 Å². The Morgan fingerprint density at radius 1 is 1.00 bits per heavy atom. The van der Waals surface area contributed by atoms with E-state index < -0.39 is 42.3 Å². The lowest BCUT2D eigenvalue weighted by molar-refractivity contribution is -0.217. The fourth-order valence-corrected chi connectivity index (χ4v) is 1.88. The lowest BCUT2D eigenvalue weighted by atomic mass is 9.99. The minimum atomic E-state index is -1.03. The van der Waals surface area contributed by atoms with Crippen LogP contribution in [0.4, 0.5) is 0 Å². The number of hydrogen-bond donors (Lipinski definition) is 0. The van der Waals surface area contributed by atoms with E-state index in [-0.39, 0.29) is 6.61 Å². The van der Waals surface area contributed by atoms with Gasteiger partial charge in [-0.25, -0.2) is 0 Å². The zero-order valence-corrected chi connectivity index (χ0v) is 11.5. The van der Waals surface area contributed by atoms with Gasteiger partial charge in [-0.2, -0.15) is 0 Å². The van der Waals surface area contributed by atoms with Crippen molar-refractivity contribution in [1.82, 2.24) is 0 Å². The Balaban J connectivity index is 2.99. The van der Waals surface area contributed by atoms with Crippen LogP contribution in [0.25, 0.3) is 0 Å². The highest BCUT2D eigenvalue weighted by molar-refractivity contribution is 5.68. The third kappa shape index (κ3) is 4.24. The second-order valence-electron chi connectivity index (χ2n) is 4.22. The molecule has 0 aromatic rings. The highest BCUT2D eigenvalue weighted by atomic mass is 16.6. The molecular formula is C13H16O7. The Morgan fingerprint density at radius 2 is 1.50 bits per heavy atom. The lowest BCUT2D eigenvalue weighted by Gasteiger charge is -2.38. The number of terminal acetylenes is 1. The van der Waals surface area contributed by atoms with Crippen LogP contribution in [0, 0.1) is 12.3 Å². The topological polar surface area (TPSA) is 88.1 Å². The highest BCUT2D eigenvalue weighted by Gasteiger charge is 2.46. The van der Waals surface area contributed by atoms with E-state index in [9.17, 15) is 14.4 Å². The normalized spacial score (nSPS) is 28.9. The maximum atomic E-state index is 11.2. The van der Waals surface area contributed by atoms with E-state index in [1.54, 1.807) is 0 Å². The maximum Gasteiger partial charge on any atom is 0.303 e. The second kappa shape index (κ2) is 6.91. The largest absolute Gasteiger partial charge is 0.456 e. The first-order valence-corrected chi connectivity index (χ1v) is 5.94. The van der Waals surface area contributed by atoms with Crippen LogP contribution < -0.4 is 0 Å². The van der Waals surface area contributed by atoms with Crippen molar-refractivity contribution in [3.8, 4) is 12.3 Å². The zero-order chi connectivity index (χ0) is 15.3. The summed E-state index contributed by atoms with van der Waals surface area (Å²) in [5.41, 5.74) is 0. The van der Waals surface area contributed by atoms with Crippen LogP contribution in [0.1, 0.15) is 20.8 Å². The van der Waals surface area contributed by atoms with Gasteiger partial charge in [-0.15, -0.1) is 6.42 Å². The number of ether oxygens (including phenoxy) is 4. The van der Waals surface area contributed by atoms with E-state index in [4.69, 9.17) is 25.4 Å². The van der Waals surface area contributed by atoms with E-state index in [1.807, 2.05) is 0 Å². The molecule has 20 heavy (non-hydrogen) atoms. The van der Waals surface area contributed by atoms with Crippen molar-refractivity contribution < 1.29 is 33.3 Å². The first-order valence-electron chi connectivity index (χ1n) is 5.94. The molecule has 1 fully saturated rings. The second-order valence-corrected chi connectivity index (χ2v) is 4.22. The number of hydrogen-bond acceptors (Lipinski definition) is 7. The molecule has 1 saturated heterocycles. The standard InChI is InChI=1S/C13H16O7/c1-5-10-12(19-8(3)15)13(20-9(4)16)11(6-17-10)18-7(2)14/h1,10-13H,6H2,2-4H3. The Bertz CT molecular complexity index is 436. The number of carbonyl (C=O) groups is 3. The molecule has 1 rings (SSSR count). The highest BCUT2D eigenvalue weighted by Crippen LogP contribution is 2.24. The molecule has 0 bridgehead atoms. The SMILES string of the molecule is C#CC1OCC(OC(C)=O)C(OC(C)=O)C1OC(C)=O. The van der Waals surface area contributed by atoms with Crippen molar-refractivity contribution in [1.29, 1.82) is 0 Å². The van der Waals surface area contributed by atoms with Gasteiger partial charge in [0.25, 0.3) is 0 Å². The summed E-state index contributed by atoms with van der Waals surface area (Å²) in [6, 6.07) is 0. The van der Waals surface area contributed by atoms with Crippen LogP contribution in [0.3, 0.4) is 0 Å². The maximum absolute atomic E-state index is 11.2. The molecule has 0 amide bonds. The average Bonchev–Trinajstić information content (AvgIpc) is 2.31. The van der Waals surface area contributed by atoms with Gasteiger partial charge in [-0.1, -0.05) is 5.92 Å². The summed E-state index contributed by atoms with van der Waals surface area (Å²) in [4.78, 5) is 33.4. The summed E-state index contributed by atoms with van der Waals surface area (Å²) in [6.07, 6.45) is 1.50. The molecule has 0 spiro atoms. The van der Waals surface area contributed by atoms with Crippen molar-refractivity contribution in [3.63, 3.8) is 0 Å². The van der Waals surface area contributed by atoms with E-state index in [0.717, 1.165) is 0 Å². The average molecular weight is 284 g/mol. The Kier molecular flexibility index (Phi) is 5.53. The zero-order valence-electron chi connectivity index (χ0n) is 11.5. The minimum absolute atomic E-state index is 0.0514. The van der Waals surface area contributed by atoms with Gasteiger partial charge in [-0.05, 0) is 0 Å². The summed E-state index contributed by atoms with van der Waals surface area (Å²) >= 11 is 0. The fourth-order valence-electron chi connectivity index (χ4n) is 1.88. The van der Waals surface area contributed by atoms with Gasteiger partial charge in [0.2, 0.25) is 0 Å². The van der Waals surface area contributed by atoms with Crippen molar-refractivity contribution in [2.75, 3.05) is 6.61 Å². The Morgan fingerprint density at radius 3 is 1.95 bits per heavy atom. The van der Waals surface area contributed by atoms with Gasteiger partial charge in [0, 0.05) is 20.8 Å². The molecule has 7 nitrogen and oxygen atoms in total. The molecule has 0 aromatic heterocycles. The lowest BCUT2D eigenvalue weighted by Crippen LogP contribution is -2.57. The van der Waals surface area contributed by atoms with E-state index in [2.05, 4.69) is 5.92 Å². The van der Waals surface area contributed by atoms with Crippen LogP contribution in [0.2, 0.25) is 0 Å². The van der Waals surface area contributed by atoms with Crippen LogP contribution in [-0.2, 0) is 33.3 Å². The van der Waals surface area contributed by atoms with Gasteiger partial charge >= 0.3 is 17.9 Å². The van der Waals surface area contributed by atoms with Crippen molar-refractivity contribution in [2.45, 2.75) is 45.2 Å². The van der Waals surface area contributed by atoms with E-state index in [1.165, 1.54) is 20.8 Å². The van der Waals surface area contributed by atoms with E-state index in [0.29, 0.717) is 0 Å². The van der Waals surface area contributed by atoms with E-state index >= 15 is 0 Å². The molecule has 0 radical (unpaired) electrons.